The molecule has 134 valence electrons. The van der Waals surface area contributed by atoms with Crippen molar-refractivity contribution in [1.82, 2.24) is 5.32 Å². The molecule has 0 unspecified atom stereocenters. The highest BCUT2D eigenvalue weighted by Gasteiger charge is 2.03. The van der Waals surface area contributed by atoms with E-state index in [1.54, 1.807) is 0 Å². The SMILES string of the molecule is CCOc1ccc(CCCNC(=O)CCc2ccc(C)c(C)c2)cc1. The van der Waals surface area contributed by atoms with Crippen LogP contribution in [0.25, 0.3) is 0 Å². The lowest BCUT2D eigenvalue weighted by atomic mass is 10.0. The summed E-state index contributed by atoms with van der Waals surface area (Å²) in [5, 5.41) is 3.02. The molecule has 1 N–H and O–H groups in total. The second kappa shape index (κ2) is 9.87. The highest BCUT2D eigenvalue weighted by molar-refractivity contribution is 5.76. The van der Waals surface area contributed by atoms with Crippen LogP contribution in [0.2, 0.25) is 0 Å². The zero-order valence-electron chi connectivity index (χ0n) is 15.6. The van der Waals surface area contributed by atoms with Gasteiger partial charge in [-0.1, -0.05) is 30.3 Å². The van der Waals surface area contributed by atoms with Crippen LogP contribution < -0.4 is 10.1 Å². The number of amides is 1. The molecule has 2 aromatic rings. The largest absolute Gasteiger partial charge is 0.494 e. The molecule has 0 saturated carbocycles. The van der Waals surface area contributed by atoms with Crippen LogP contribution in [0.5, 0.6) is 5.75 Å². The maximum Gasteiger partial charge on any atom is 0.220 e. The Morgan fingerprint density at radius 1 is 0.960 bits per heavy atom. The van der Waals surface area contributed by atoms with Gasteiger partial charge in [0.25, 0.3) is 0 Å². The maximum atomic E-state index is 12.0. The molecule has 3 heteroatoms. The molecule has 0 aliphatic heterocycles. The summed E-state index contributed by atoms with van der Waals surface area (Å²) < 4.78 is 5.44. The van der Waals surface area contributed by atoms with Crippen molar-refractivity contribution in [3.05, 3.63) is 64.7 Å². The first-order valence-electron chi connectivity index (χ1n) is 9.13. The van der Waals surface area contributed by atoms with E-state index in [1.165, 1.54) is 22.3 Å². The zero-order valence-corrected chi connectivity index (χ0v) is 15.6. The molecule has 0 saturated heterocycles. The Labute approximate surface area is 151 Å². The molecule has 0 aliphatic carbocycles. The van der Waals surface area contributed by atoms with Gasteiger partial charge in [-0.15, -0.1) is 0 Å². The van der Waals surface area contributed by atoms with Gasteiger partial charge in [-0.2, -0.15) is 0 Å². The molecule has 0 atom stereocenters. The number of nitrogens with one attached hydrogen (secondary N) is 1. The van der Waals surface area contributed by atoms with E-state index in [0.29, 0.717) is 13.0 Å². The lowest BCUT2D eigenvalue weighted by molar-refractivity contribution is -0.121. The van der Waals surface area contributed by atoms with Gasteiger partial charge in [0.1, 0.15) is 5.75 Å². The van der Waals surface area contributed by atoms with Crippen molar-refractivity contribution in [2.24, 2.45) is 0 Å². The van der Waals surface area contributed by atoms with Crippen LogP contribution in [0.15, 0.2) is 42.5 Å². The van der Waals surface area contributed by atoms with Crippen molar-refractivity contribution in [1.29, 1.82) is 0 Å². The Kier molecular flexibility index (Phi) is 7.52. The van der Waals surface area contributed by atoms with E-state index in [1.807, 2.05) is 19.1 Å². The molecule has 25 heavy (non-hydrogen) atoms. The molecule has 0 aromatic heterocycles. The summed E-state index contributed by atoms with van der Waals surface area (Å²) in [5.41, 5.74) is 5.08. The molecule has 1 amide bonds. The predicted molar refractivity (Wildman–Crippen MR) is 103 cm³/mol. The summed E-state index contributed by atoms with van der Waals surface area (Å²) in [6, 6.07) is 14.6. The van der Waals surface area contributed by atoms with Crippen LogP contribution in [0, 0.1) is 13.8 Å². The number of carbonyl (C=O) groups excluding carboxylic acids is 1. The molecule has 2 rings (SSSR count). The third-order valence-corrected chi connectivity index (χ3v) is 4.41. The molecule has 0 fully saturated rings. The minimum absolute atomic E-state index is 0.130. The number of benzene rings is 2. The fourth-order valence-electron chi connectivity index (χ4n) is 2.74. The zero-order chi connectivity index (χ0) is 18.1. The second-order valence-electron chi connectivity index (χ2n) is 6.45. The number of hydrogen-bond acceptors (Lipinski definition) is 2. The van der Waals surface area contributed by atoms with Crippen molar-refractivity contribution >= 4 is 5.91 Å². The van der Waals surface area contributed by atoms with E-state index in [4.69, 9.17) is 4.74 Å². The minimum Gasteiger partial charge on any atom is -0.494 e. The summed E-state index contributed by atoms with van der Waals surface area (Å²) in [6.07, 6.45) is 3.25. The average molecular weight is 339 g/mol. The van der Waals surface area contributed by atoms with Crippen LogP contribution in [0.4, 0.5) is 0 Å². The van der Waals surface area contributed by atoms with Crippen LogP contribution >= 0.6 is 0 Å². The Morgan fingerprint density at radius 2 is 1.68 bits per heavy atom. The van der Waals surface area contributed by atoms with Crippen LogP contribution in [-0.2, 0) is 17.6 Å². The average Bonchev–Trinajstić information content (AvgIpc) is 2.61. The molecule has 0 spiro atoms. The molecule has 0 bridgehead atoms. The van der Waals surface area contributed by atoms with Gasteiger partial charge in [0, 0.05) is 13.0 Å². The van der Waals surface area contributed by atoms with Crippen molar-refractivity contribution in [3.8, 4) is 5.75 Å². The Morgan fingerprint density at radius 3 is 2.36 bits per heavy atom. The summed E-state index contributed by atoms with van der Waals surface area (Å²) in [7, 11) is 0. The van der Waals surface area contributed by atoms with Crippen LogP contribution in [-0.4, -0.2) is 19.1 Å². The maximum absolute atomic E-state index is 12.0. The Balaban J connectivity index is 1.64. The second-order valence-corrected chi connectivity index (χ2v) is 6.45. The van der Waals surface area contributed by atoms with Gasteiger partial charge in [-0.25, -0.2) is 0 Å². The van der Waals surface area contributed by atoms with E-state index in [-0.39, 0.29) is 5.91 Å². The van der Waals surface area contributed by atoms with Crippen molar-refractivity contribution in [2.75, 3.05) is 13.2 Å². The van der Waals surface area contributed by atoms with E-state index < -0.39 is 0 Å². The number of ether oxygens (including phenoxy) is 1. The van der Waals surface area contributed by atoms with Gasteiger partial charge >= 0.3 is 0 Å². The minimum atomic E-state index is 0.130. The molecule has 0 heterocycles. The summed E-state index contributed by atoms with van der Waals surface area (Å²) in [6.45, 7) is 7.61. The lowest BCUT2D eigenvalue weighted by Crippen LogP contribution is -2.25. The Bertz CT molecular complexity index is 677. The fraction of sp³-hybridized carbons (Fsp3) is 0.409. The molecule has 3 nitrogen and oxygen atoms in total. The monoisotopic (exact) mass is 339 g/mol. The Hall–Kier alpha value is -2.29. The molecule has 0 radical (unpaired) electrons. The number of aryl methyl sites for hydroxylation is 4. The summed E-state index contributed by atoms with van der Waals surface area (Å²) >= 11 is 0. The number of carbonyl (C=O) groups is 1. The van der Waals surface area contributed by atoms with E-state index in [2.05, 4.69) is 49.5 Å². The van der Waals surface area contributed by atoms with Gasteiger partial charge in [0.2, 0.25) is 5.91 Å². The molecule has 2 aromatic carbocycles. The van der Waals surface area contributed by atoms with Gasteiger partial charge < -0.3 is 10.1 Å². The van der Waals surface area contributed by atoms with Gasteiger partial charge in [-0.05, 0) is 74.4 Å². The highest BCUT2D eigenvalue weighted by atomic mass is 16.5. The van der Waals surface area contributed by atoms with Crippen LogP contribution in [0.3, 0.4) is 0 Å². The quantitative estimate of drug-likeness (QED) is 0.688. The first kappa shape index (κ1) is 19.0. The smallest absolute Gasteiger partial charge is 0.220 e. The molecule has 0 aliphatic rings. The number of rotatable bonds is 9. The summed E-state index contributed by atoms with van der Waals surface area (Å²) in [4.78, 5) is 12.0. The van der Waals surface area contributed by atoms with Crippen molar-refractivity contribution < 1.29 is 9.53 Å². The van der Waals surface area contributed by atoms with Crippen molar-refractivity contribution in [2.45, 2.75) is 46.5 Å². The normalized spacial score (nSPS) is 10.5. The highest BCUT2D eigenvalue weighted by Crippen LogP contribution is 2.13. The van der Waals surface area contributed by atoms with E-state index >= 15 is 0 Å². The fourth-order valence-corrected chi connectivity index (χ4v) is 2.74. The topological polar surface area (TPSA) is 38.3 Å². The lowest BCUT2D eigenvalue weighted by Gasteiger charge is -2.08. The van der Waals surface area contributed by atoms with Gasteiger partial charge in [0.05, 0.1) is 6.61 Å². The third-order valence-electron chi connectivity index (χ3n) is 4.41. The third kappa shape index (κ3) is 6.61. The molecular weight excluding hydrogens is 310 g/mol. The predicted octanol–water partition coefficient (Wildman–Crippen LogP) is 4.38. The van der Waals surface area contributed by atoms with E-state index in [9.17, 15) is 4.79 Å². The van der Waals surface area contributed by atoms with Gasteiger partial charge in [0.15, 0.2) is 0 Å². The first-order valence-corrected chi connectivity index (χ1v) is 9.13. The standard InChI is InChI=1S/C22H29NO2/c1-4-25-21-12-9-19(10-13-21)6-5-15-23-22(24)14-11-20-8-7-17(2)18(3)16-20/h7-10,12-13,16H,4-6,11,14-15H2,1-3H3,(H,23,24). The molecular formula is C22H29NO2. The van der Waals surface area contributed by atoms with Gasteiger partial charge in [-0.3, -0.25) is 4.79 Å². The first-order chi connectivity index (χ1) is 12.1. The number of hydrogen-bond donors (Lipinski definition) is 1. The van der Waals surface area contributed by atoms with Crippen molar-refractivity contribution in [3.63, 3.8) is 0 Å². The summed E-state index contributed by atoms with van der Waals surface area (Å²) in [5.74, 6) is 1.04. The van der Waals surface area contributed by atoms with Crippen LogP contribution in [0.1, 0.15) is 42.0 Å². The van der Waals surface area contributed by atoms with E-state index in [0.717, 1.165) is 31.6 Å².